The SMILES string of the molecule is COCCN(CC(C)C)c1ccc(CC(C)N)cc1Br. The second-order valence-corrected chi connectivity index (χ2v) is 6.65. The normalized spacial score (nSPS) is 12.8. The molecule has 0 amide bonds. The lowest BCUT2D eigenvalue weighted by Gasteiger charge is -2.28. The van der Waals surface area contributed by atoms with Gasteiger partial charge in [-0.05, 0) is 52.9 Å². The minimum atomic E-state index is 0.188. The van der Waals surface area contributed by atoms with E-state index >= 15 is 0 Å². The molecular weight excluding hydrogens is 316 g/mol. The highest BCUT2D eigenvalue weighted by atomic mass is 79.9. The summed E-state index contributed by atoms with van der Waals surface area (Å²) in [6.07, 6.45) is 0.904. The van der Waals surface area contributed by atoms with Crippen molar-refractivity contribution in [1.29, 1.82) is 0 Å². The summed E-state index contributed by atoms with van der Waals surface area (Å²) in [5.74, 6) is 0.613. The van der Waals surface area contributed by atoms with Gasteiger partial charge < -0.3 is 15.4 Å². The molecule has 1 atom stereocenters. The monoisotopic (exact) mass is 342 g/mol. The Hall–Kier alpha value is -0.580. The summed E-state index contributed by atoms with van der Waals surface area (Å²) in [5.41, 5.74) is 8.36. The van der Waals surface area contributed by atoms with Gasteiger partial charge in [-0.25, -0.2) is 0 Å². The topological polar surface area (TPSA) is 38.5 Å². The zero-order valence-corrected chi connectivity index (χ0v) is 14.6. The van der Waals surface area contributed by atoms with Crippen molar-refractivity contribution < 1.29 is 4.74 Å². The highest BCUT2D eigenvalue weighted by molar-refractivity contribution is 9.10. The number of methoxy groups -OCH3 is 1. The molecule has 2 N–H and O–H groups in total. The number of rotatable bonds is 8. The highest BCUT2D eigenvalue weighted by Gasteiger charge is 2.12. The summed E-state index contributed by atoms with van der Waals surface area (Å²) >= 11 is 3.70. The zero-order valence-electron chi connectivity index (χ0n) is 13.0. The van der Waals surface area contributed by atoms with E-state index in [9.17, 15) is 0 Å². The Morgan fingerprint density at radius 3 is 2.50 bits per heavy atom. The number of nitrogens with zero attached hydrogens (tertiary/aromatic N) is 1. The molecule has 1 rings (SSSR count). The molecule has 0 aliphatic rings. The van der Waals surface area contributed by atoms with Crippen molar-refractivity contribution in [3.05, 3.63) is 28.2 Å². The second kappa shape index (κ2) is 8.65. The van der Waals surface area contributed by atoms with E-state index in [1.54, 1.807) is 7.11 Å². The summed E-state index contributed by atoms with van der Waals surface area (Å²) in [7, 11) is 1.74. The Labute approximate surface area is 131 Å². The van der Waals surface area contributed by atoms with Crippen molar-refractivity contribution in [2.24, 2.45) is 11.7 Å². The Morgan fingerprint density at radius 1 is 1.30 bits per heavy atom. The first-order chi connectivity index (χ1) is 9.43. The average molecular weight is 343 g/mol. The van der Waals surface area contributed by atoms with Crippen molar-refractivity contribution in [2.45, 2.75) is 33.2 Å². The van der Waals surface area contributed by atoms with Crippen LogP contribution in [0.15, 0.2) is 22.7 Å². The van der Waals surface area contributed by atoms with Crippen LogP contribution in [0, 0.1) is 5.92 Å². The molecular formula is C16H27BrN2O. The first kappa shape index (κ1) is 17.5. The van der Waals surface area contributed by atoms with Gasteiger partial charge in [0.2, 0.25) is 0 Å². The Bertz CT molecular complexity index is 407. The molecule has 114 valence electrons. The number of nitrogens with two attached hydrogens (primary N) is 1. The largest absolute Gasteiger partial charge is 0.383 e. The second-order valence-electron chi connectivity index (χ2n) is 5.80. The van der Waals surface area contributed by atoms with E-state index in [-0.39, 0.29) is 6.04 Å². The summed E-state index contributed by atoms with van der Waals surface area (Å²) in [6.45, 7) is 9.16. The molecule has 0 radical (unpaired) electrons. The van der Waals surface area contributed by atoms with Crippen LogP contribution >= 0.6 is 15.9 Å². The molecule has 0 aliphatic heterocycles. The van der Waals surface area contributed by atoms with E-state index in [4.69, 9.17) is 10.5 Å². The number of hydrogen-bond donors (Lipinski definition) is 1. The number of anilines is 1. The van der Waals surface area contributed by atoms with Crippen molar-refractivity contribution in [1.82, 2.24) is 0 Å². The van der Waals surface area contributed by atoms with Gasteiger partial charge in [-0.3, -0.25) is 0 Å². The number of hydrogen-bond acceptors (Lipinski definition) is 3. The fraction of sp³-hybridized carbons (Fsp3) is 0.625. The number of ether oxygens (including phenoxy) is 1. The van der Waals surface area contributed by atoms with Gasteiger partial charge in [-0.1, -0.05) is 19.9 Å². The maximum absolute atomic E-state index is 5.86. The molecule has 0 spiro atoms. The Kier molecular flexibility index (Phi) is 7.56. The standard InChI is InChI=1S/C16H27BrN2O/c1-12(2)11-19(7-8-20-4)16-6-5-14(9-13(3)18)10-15(16)17/h5-6,10,12-13H,7-9,11,18H2,1-4H3. The molecule has 0 bridgehead atoms. The van der Waals surface area contributed by atoms with Gasteiger partial charge in [-0.2, -0.15) is 0 Å². The van der Waals surface area contributed by atoms with Gasteiger partial charge in [0.05, 0.1) is 12.3 Å². The van der Waals surface area contributed by atoms with E-state index in [2.05, 4.69) is 52.9 Å². The van der Waals surface area contributed by atoms with Gasteiger partial charge in [0, 0.05) is 30.7 Å². The third kappa shape index (κ3) is 5.81. The molecule has 0 heterocycles. The van der Waals surface area contributed by atoms with Crippen LogP contribution in [-0.4, -0.2) is 32.8 Å². The molecule has 0 saturated carbocycles. The van der Waals surface area contributed by atoms with Crippen LogP contribution < -0.4 is 10.6 Å². The van der Waals surface area contributed by atoms with Crippen molar-refractivity contribution in [3.63, 3.8) is 0 Å². The lowest BCUT2D eigenvalue weighted by Crippen LogP contribution is -2.31. The summed E-state index contributed by atoms with van der Waals surface area (Å²) in [5, 5.41) is 0. The Balaban J connectivity index is 2.89. The van der Waals surface area contributed by atoms with Gasteiger partial charge in [0.15, 0.2) is 0 Å². The zero-order chi connectivity index (χ0) is 15.1. The highest BCUT2D eigenvalue weighted by Crippen LogP contribution is 2.28. The number of halogens is 1. The maximum atomic E-state index is 5.86. The van der Waals surface area contributed by atoms with E-state index in [1.165, 1.54) is 11.3 Å². The van der Waals surface area contributed by atoms with Crippen molar-refractivity contribution >= 4 is 21.6 Å². The summed E-state index contributed by atoms with van der Waals surface area (Å²) in [4.78, 5) is 2.37. The predicted octanol–water partition coefficient (Wildman–Crippen LogP) is 3.45. The van der Waals surface area contributed by atoms with Gasteiger partial charge in [0.25, 0.3) is 0 Å². The van der Waals surface area contributed by atoms with Crippen molar-refractivity contribution in [2.75, 3.05) is 31.7 Å². The quantitative estimate of drug-likeness (QED) is 0.786. The molecule has 20 heavy (non-hydrogen) atoms. The van der Waals surface area contributed by atoms with Crippen LogP contribution in [0.1, 0.15) is 26.3 Å². The average Bonchev–Trinajstić information content (AvgIpc) is 2.33. The molecule has 0 aromatic heterocycles. The van der Waals surface area contributed by atoms with Crippen LogP contribution in [0.25, 0.3) is 0 Å². The van der Waals surface area contributed by atoms with Crippen LogP contribution in [-0.2, 0) is 11.2 Å². The minimum Gasteiger partial charge on any atom is -0.383 e. The van der Waals surface area contributed by atoms with E-state index in [0.717, 1.165) is 30.6 Å². The molecule has 1 aromatic rings. The van der Waals surface area contributed by atoms with Gasteiger partial charge in [-0.15, -0.1) is 0 Å². The molecule has 0 saturated heterocycles. The first-order valence-electron chi connectivity index (χ1n) is 7.22. The fourth-order valence-electron chi connectivity index (χ4n) is 2.26. The lowest BCUT2D eigenvalue weighted by atomic mass is 10.1. The maximum Gasteiger partial charge on any atom is 0.0637 e. The van der Waals surface area contributed by atoms with E-state index < -0.39 is 0 Å². The first-order valence-corrected chi connectivity index (χ1v) is 8.01. The third-order valence-corrected chi connectivity index (χ3v) is 3.70. The van der Waals surface area contributed by atoms with Crippen LogP contribution in [0.3, 0.4) is 0 Å². The summed E-state index contributed by atoms with van der Waals surface area (Å²) < 4.78 is 6.35. The van der Waals surface area contributed by atoms with E-state index in [0.29, 0.717) is 5.92 Å². The smallest absolute Gasteiger partial charge is 0.0637 e. The summed E-state index contributed by atoms with van der Waals surface area (Å²) in [6, 6.07) is 6.72. The molecule has 1 aromatic carbocycles. The van der Waals surface area contributed by atoms with Crippen molar-refractivity contribution in [3.8, 4) is 0 Å². The van der Waals surface area contributed by atoms with Gasteiger partial charge >= 0.3 is 0 Å². The van der Waals surface area contributed by atoms with Crippen LogP contribution in [0.4, 0.5) is 5.69 Å². The molecule has 4 heteroatoms. The fourth-order valence-corrected chi connectivity index (χ4v) is 2.93. The number of benzene rings is 1. The van der Waals surface area contributed by atoms with Crippen LogP contribution in [0.5, 0.6) is 0 Å². The molecule has 0 aliphatic carbocycles. The Morgan fingerprint density at radius 2 is 2.00 bits per heavy atom. The lowest BCUT2D eigenvalue weighted by molar-refractivity contribution is 0.204. The van der Waals surface area contributed by atoms with E-state index in [1.807, 2.05) is 6.92 Å². The molecule has 1 unspecified atom stereocenters. The molecule has 3 nitrogen and oxygen atoms in total. The van der Waals surface area contributed by atoms with Crippen LogP contribution in [0.2, 0.25) is 0 Å². The molecule has 0 fully saturated rings. The predicted molar refractivity (Wildman–Crippen MR) is 90.4 cm³/mol. The third-order valence-electron chi connectivity index (χ3n) is 3.06. The minimum absolute atomic E-state index is 0.188. The van der Waals surface area contributed by atoms with Gasteiger partial charge in [0.1, 0.15) is 0 Å².